The van der Waals surface area contributed by atoms with Crippen molar-refractivity contribution in [2.45, 2.75) is 38.8 Å². The molecule has 0 aromatic heterocycles. The molecule has 1 fully saturated rings. The van der Waals surface area contributed by atoms with Crippen LogP contribution in [0.2, 0.25) is 0 Å². The molecular formula is C18H28N2O3. The molecule has 2 N–H and O–H groups in total. The predicted molar refractivity (Wildman–Crippen MR) is 90.4 cm³/mol. The van der Waals surface area contributed by atoms with Crippen molar-refractivity contribution in [3.05, 3.63) is 30.3 Å². The molecule has 0 unspecified atom stereocenters. The lowest BCUT2D eigenvalue weighted by Gasteiger charge is -2.22. The van der Waals surface area contributed by atoms with Gasteiger partial charge in [0.25, 0.3) is 0 Å². The second-order valence-electron chi connectivity index (χ2n) is 6.42. The molecule has 5 heteroatoms. The highest BCUT2D eigenvalue weighted by Gasteiger charge is 2.26. The van der Waals surface area contributed by atoms with Crippen LogP contribution < -0.4 is 10.1 Å². The van der Waals surface area contributed by atoms with E-state index < -0.39 is 6.10 Å². The molecule has 23 heavy (non-hydrogen) atoms. The number of carbonyl (C=O) groups excluding carboxylic acids is 1. The van der Waals surface area contributed by atoms with Crippen LogP contribution in [-0.4, -0.2) is 54.3 Å². The molecule has 5 nitrogen and oxygen atoms in total. The first-order valence-electron chi connectivity index (χ1n) is 8.45. The van der Waals surface area contributed by atoms with Gasteiger partial charge in [-0.1, -0.05) is 32.0 Å². The molecule has 0 spiro atoms. The molecule has 2 rings (SSSR count). The topological polar surface area (TPSA) is 61.8 Å². The first-order valence-corrected chi connectivity index (χ1v) is 8.45. The molecule has 0 bridgehead atoms. The molecule has 1 aliphatic rings. The molecule has 1 aliphatic heterocycles. The second kappa shape index (κ2) is 8.89. The number of hydrogen-bond acceptors (Lipinski definition) is 4. The van der Waals surface area contributed by atoms with E-state index in [0.29, 0.717) is 13.0 Å². The number of ether oxygens (including phenoxy) is 1. The zero-order chi connectivity index (χ0) is 16.7. The van der Waals surface area contributed by atoms with Gasteiger partial charge in [0.2, 0.25) is 5.91 Å². The second-order valence-corrected chi connectivity index (χ2v) is 6.42. The standard InChI is InChI=1S/C18H28N2O3/c1-14(2)18(22)19-16-8-10-20(11-9-17(16)21)12-13-23-15-6-4-3-5-7-15/h3-7,14,16-17,21H,8-13H2,1-2H3,(H,19,22)/t16-,17-/m0/s1. The Labute approximate surface area is 138 Å². The third-order valence-electron chi connectivity index (χ3n) is 4.23. The number of carbonyl (C=O) groups is 1. The molecule has 1 amide bonds. The van der Waals surface area contributed by atoms with E-state index in [4.69, 9.17) is 4.74 Å². The van der Waals surface area contributed by atoms with Crippen molar-refractivity contribution in [2.75, 3.05) is 26.2 Å². The summed E-state index contributed by atoms with van der Waals surface area (Å²) in [6.45, 7) is 6.87. The molecule has 1 aromatic carbocycles. The lowest BCUT2D eigenvalue weighted by atomic mass is 10.1. The average molecular weight is 320 g/mol. The van der Waals surface area contributed by atoms with Crippen LogP contribution in [0.3, 0.4) is 0 Å². The van der Waals surface area contributed by atoms with E-state index in [1.165, 1.54) is 0 Å². The molecule has 128 valence electrons. The molecule has 1 aromatic rings. The minimum atomic E-state index is -0.474. The quantitative estimate of drug-likeness (QED) is 0.837. The van der Waals surface area contributed by atoms with E-state index in [2.05, 4.69) is 10.2 Å². The number of nitrogens with zero attached hydrogens (tertiary/aromatic N) is 1. The monoisotopic (exact) mass is 320 g/mol. The zero-order valence-corrected chi connectivity index (χ0v) is 14.1. The van der Waals surface area contributed by atoms with Crippen molar-refractivity contribution >= 4 is 5.91 Å². The summed E-state index contributed by atoms with van der Waals surface area (Å²) in [4.78, 5) is 14.1. The molecule has 1 saturated heterocycles. The summed E-state index contributed by atoms with van der Waals surface area (Å²) in [5.41, 5.74) is 0. The summed E-state index contributed by atoms with van der Waals surface area (Å²) >= 11 is 0. The van der Waals surface area contributed by atoms with Gasteiger partial charge in [0, 0.05) is 25.6 Å². The Morgan fingerprint density at radius 1 is 1.30 bits per heavy atom. The lowest BCUT2D eigenvalue weighted by molar-refractivity contribution is -0.125. The molecule has 1 heterocycles. The fourth-order valence-corrected chi connectivity index (χ4v) is 2.69. The fraction of sp³-hybridized carbons (Fsp3) is 0.611. The van der Waals surface area contributed by atoms with Crippen molar-refractivity contribution in [3.8, 4) is 5.75 Å². The predicted octanol–water partition coefficient (Wildman–Crippen LogP) is 1.66. The molecule has 0 aliphatic carbocycles. The van der Waals surface area contributed by atoms with Gasteiger partial charge in [0.05, 0.1) is 12.1 Å². The third-order valence-corrected chi connectivity index (χ3v) is 4.23. The highest BCUT2D eigenvalue weighted by molar-refractivity contribution is 5.78. The molecule has 0 saturated carbocycles. The largest absolute Gasteiger partial charge is 0.492 e. The summed E-state index contributed by atoms with van der Waals surface area (Å²) in [5, 5.41) is 13.2. The van der Waals surface area contributed by atoms with E-state index in [9.17, 15) is 9.90 Å². The van der Waals surface area contributed by atoms with E-state index in [1.807, 2.05) is 44.2 Å². The minimum Gasteiger partial charge on any atom is -0.492 e. The highest BCUT2D eigenvalue weighted by atomic mass is 16.5. The average Bonchev–Trinajstić information content (AvgIpc) is 2.71. The molecule has 2 atom stereocenters. The Morgan fingerprint density at radius 3 is 2.70 bits per heavy atom. The maximum Gasteiger partial charge on any atom is 0.222 e. The van der Waals surface area contributed by atoms with Gasteiger partial charge in [-0.2, -0.15) is 0 Å². The van der Waals surface area contributed by atoms with Gasteiger partial charge >= 0.3 is 0 Å². The number of aliphatic hydroxyl groups excluding tert-OH is 1. The minimum absolute atomic E-state index is 0.00918. The number of nitrogens with one attached hydrogen (secondary N) is 1. The Hall–Kier alpha value is -1.59. The van der Waals surface area contributed by atoms with E-state index in [0.717, 1.165) is 31.8 Å². The Bertz CT molecular complexity index is 478. The van der Waals surface area contributed by atoms with Gasteiger partial charge in [0.1, 0.15) is 12.4 Å². The summed E-state index contributed by atoms with van der Waals surface area (Å²) in [6.07, 6.45) is 0.969. The van der Waals surface area contributed by atoms with E-state index in [1.54, 1.807) is 0 Å². The zero-order valence-electron chi connectivity index (χ0n) is 14.1. The van der Waals surface area contributed by atoms with Crippen molar-refractivity contribution in [2.24, 2.45) is 5.92 Å². The number of likely N-dealkylation sites (tertiary alicyclic amines) is 1. The Kier molecular flexibility index (Phi) is 6.86. The van der Waals surface area contributed by atoms with Gasteiger partial charge in [-0.3, -0.25) is 9.69 Å². The summed E-state index contributed by atoms with van der Waals surface area (Å²) in [5.74, 6) is 0.833. The Balaban J connectivity index is 1.75. The van der Waals surface area contributed by atoms with Crippen LogP contribution in [0.15, 0.2) is 30.3 Å². The van der Waals surface area contributed by atoms with Gasteiger partial charge in [-0.05, 0) is 25.0 Å². The molecule has 0 radical (unpaired) electrons. The maximum absolute atomic E-state index is 11.8. The first-order chi connectivity index (χ1) is 11.1. The van der Waals surface area contributed by atoms with Crippen LogP contribution in [0.4, 0.5) is 0 Å². The van der Waals surface area contributed by atoms with Crippen LogP contribution in [0.25, 0.3) is 0 Å². The van der Waals surface area contributed by atoms with Crippen LogP contribution in [0, 0.1) is 5.92 Å². The summed E-state index contributed by atoms with van der Waals surface area (Å²) in [7, 11) is 0. The number of benzene rings is 1. The Morgan fingerprint density at radius 2 is 2.00 bits per heavy atom. The van der Waals surface area contributed by atoms with Gasteiger partial charge in [-0.25, -0.2) is 0 Å². The SMILES string of the molecule is CC(C)C(=O)N[C@H]1CCN(CCOc2ccccc2)CC[C@@H]1O. The van der Waals surface area contributed by atoms with Gasteiger partial charge in [-0.15, -0.1) is 0 Å². The number of hydrogen-bond donors (Lipinski definition) is 2. The number of amides is 1. The maximum atomic E-state index is 11.8. The highest BCUT2D eigenvalue weighted by Crippen LogP contribution is 2.13. The van der Waals surface area contributed by atoms with E-state index >= 15 is 0 Å². The number of para-hydroxylation sites is 1. The van der Waals surface area contributed by atoms with Crippen LogP contribution in [-0.2, 0) is 4.79 Å². The van der Waals surface area contributed by atoms with Crippen molar-refractivity contribution in [1.82, 2.24) is 10.2 Å². The normalized spacial score (nSPS) is 22.6. The summed E-state index contributed by atoms with van der Waals surface area (Å²) in [6, 6.07) is 9.63. The number of aliphatic hydroxyl groups is 1. The van der Waals surface area contributed by atoms with Crippen LogP contribution >= 0.6 is 0 Å². The molecular weight excluding hydrogens is 292 g/mol. The van der Waals surface area contributed by atoms with Gasteiger partial charge in [0.15, 0.2) is 0 Å². The van der Waals surface area contributed by atoms with Crippen LogP contribution in [0.1, 0.15) is 26.7 Å². The van der Waals surface area contributed by atoms with Crippen molar-refractivity contribution < 1.29 is 14.6 Å². The van der Waals surface area contributed by atoms with Crippen LogP contribution in [0.5, 0.6) is 5.75 Å². The fourth-order valence-electron chi connectivity index (χ4n) is 2.69. The van der Waals surface area contributed by atoms with Gasteiger partial charge < -0.3 is 15.2 Å². The first kappa shape index (κ1) is 17.8. The smallest absolute Gasteiger partial charge is 0.222 e. The van der Waals surface area contributed by atoms with Crippen molar-refractivity contribution in [1.29, 1.82) is 0 Å². The summed E-state index contributed by atoms with van der Waals surface area (Å²) < 4.78 is 5.73. The lowest BCUT2D eigenvalue weighted by Crippen LogP contribution is -2.44. The number of rotatable bonds is 6. The van der Waals surface area contributed by atoms with Crippen molar-refractivity contribution in [3.63, 3.8) is 0 Å². The third kappa shape index (κ3) is 5.84. The van der Waals surface area contributed by atoms with E-state index in [-0.39, 0.29) is 17.9 Å².